The Morgan fingerprint density at radius 2 is 1.75 bits per heavy atom. The van der Waals surface area contributed by atoms with E-state index in [1.54, 1.807) is 7.11 Å². The zero-order valence-corrected chi connectivity index (χ0v) is 11.7. The largest absolute Gasteiger partial charge is 0.481 e. The number of imidazole rings is 1. The molecule has 5 nitrogen and oxygen atoms in total. The molecule has 0 spiro atoms. The number of H-pyrrole nitrogens is 1. The number of methoxy groups -OCH3 is 1. The molecule has 0 aliphatic heterocycles. The lowest BCUT2D eigenvalue weighted by Crippen LogP contribution is -2.07. The minimum absolute atomic E-state index is 0.568. The predicted molar refractivity (Wildman–Crippen MR) is 80.2 cm³/mol. The molecule has 3 aromatic rings. The monoisotopic (exact) mass is 268 g/mol. The fourth-order valence-corrected chi connectivity index (χ4v) is 2.04. The number of fused-ring (bicyclic) bond motifs is 1. The molecular formula is C15H16N4O. The number of ether oxygens (including phenoxy) is 1. The number of hydrogen-bond donors (Lipinski definition) is 1. The molecule has 0 fully saturated rings. The smallest absolute Gasteiger partial charge is 0.215 e. The Hall–Kier alpha value is -2.56. The maximum atomic E-state index is 5.11. The van der Waals surface area contributed by atoms with Crippen LogP contribution in [0.15, 0.2) is 36.4 Å². The third kappa shape index (κ3) is 2.18. The van der Waals surface area contributed by atoms with E-state index in [2.05, 4.69) is 32.0 Å². The van der Waals surface area contributed by atoms with Crippen LogP contribution in [-0.4, -0.2) is 36.2 Å². The summed E-state index contributed by atoms with van der Waals surface area (Å²) in [6.07, 6.45) is 0. The molecule has 0 aliphatic carbocycles. The maximum Gasteiger partial charge on any atom is 0.215 e. The highest BCUT2D eigenvalue weighted by atomic mass is 16.5. The molecule has 2 aromatic heterocycles. The van der Waals surface area contributed by atoms with E-state index in [0.717, 1.165) is 22.6 Å². The average molecular weight is 268 g/mol. The molecule has 5 heteroatoms. The van der Waals surface area contributed by atoms with Gasteiger partial charge in [-0.15, -0.1) is 0 Å². The minimum Gasteiger partial charge on any atom is -0.481 e. The third-order valence-corrected chi connectivity index (χ3v) is 3.19. The van der Waals surface area contributed by atoms with Crippen molar-refractivity contribution in [3.8, 4) is 17.3 Å². The second-order valence-electron chi connectivity index (χ2n) is 4.75. The molecule has 20 heavy (non-hydrogen) atoms. The van der Waals surface area contributed by atoms with Crippen LogP contribution in [0.25, 0.3) is 22.6 Å². The summed E-state index contributed by atoms with van der Waals surface area (Å²) in [7, 11) is 5.64. The molecule has 0 aliphatic rings. The Morgan fingerprint density at radius 3 is 2.40 bits per heavy atom. The standard InChI is InChI=1S/C15H16N4O/c1-19(2)11-6-4-10(5-7-11)14-16-12-8-9-13(20-3)17-15(12)18-14/h4-9H,1-3H3,(H,16,17,18). The number of nitrogens with one attached hydrogen (secondary N) is 1. The van der Waals surface area contributed by atoms with Crippen LogP contribution in [0.3, 0.4) is 0 Å². The van der Waals surface area contributed by atoms with Crippen molar-refractivity contribution >= 4 is 16.9 Å². The van der Waals surface area contributed by atoms with Crippen LogP contribution < -0.4 is 9.64 Å². The van der Waals surface area contributed by atoms with E-state index < -0.39 is 0 Å². The van der Waals surface area contributed by atoms with E-state index in [1.165, 1.54) is 0 Å². The zero-order chi connectivity index (χ0) is 14.1. The second-order valence-corrected chi connectivity index (χ2v) is 4.75. The molecule has 3 rings (SSSR count). The predicted octanol–water partition coefficient (Wildman–Crippen LogP) is 2.70. The Kier molecular flexibility index (Phi) is 3.02. The van der Waals surface area contributed by atoms with Crippen LogP contribution >= 0.6 is 0 Å². The SMILES string of the molecule is COc1ccc2[nH]c(-c3ccc(N(C)C)cc3)nc2n1. The summed E-state index contributed by atoms with van der Waals surface area (Å²) < 4.78 is 5.11. The van der Waals surface area contributed by atoms with E-state index in [4.69, 9.17) is 4.74 Å². The van der Waals surface area contributed by atoms with Crippen LogP contribution in [0, 0.1) is 0 Å². The van der Waals surface area contributed by atoms with Crippen molar-refractivity contribution < 1.29 is 4.74 Å². The number of rotatable bonds is 3. The van der Waals surface area contributed by atoms with Crippen LogP contribution in [0.4, 0.5) is 5.69 Å². The minimum atomic E-state index is 0.568. The second kappa shape index (κ2) is 4.85. The molecule has 0 bridgehead atoms. The number of hydrogen-bond acceptors (Lipinski definition) is 4. The van der Waals surface area contributed by atoms with Crippen LogP contribution in [-0.2, 0) is 0 Å². The normalized spacial score (nSPS) is 10.8. The van der Waals surface area contributed by atoms with E-state index >= 15 is 0 Å². The van der Waals surface area contributed by atoms with Gasteiger partial charge < -0.3 is 14.6 Å². The topological polar surface area (TPSA) is 54.0 Å². The summed E-state index contributed by atoms with van der Waals surface area (Å²) in [4.78, 5) is 14.2. The van der Waals surface area contributed by atoms with Gasteiger partial charge in [-0.1, -0.05) is 0 Å². The molecule has 0 unspecified atom stereocenters. The van der Waals surface area contributed by atoms with Crippen molar-refractivity contribution in [3.63, 3.8) is 0 Å². The summed E-state index contributed by atoms with van der Waals surface area (Å²) in [5.74, 6) is 1.38. The first-order valence-electron chi connectivity index (χ1n) is 6.36. The third-order valence-electron chi connectivity index (χ3n) is 3.19. The van der Waals surface area contributed by atoms with E-state index in [1.807, 2.05) is 38.4 Å². The molecule has 0 saturated carbocycles. The number of pyridine rings is 1. The summed E-state index contributed by atoms with van der Waals surface area (Å²) in [6.45, 7) is 0. The average Bonchev–Trinajstić information content (AvgIpc) is 2.90. The lowest BCUT2D eigenvalue weighted by atomic mass is 10.2. The maximum absolute atomic E-state index is 5.11. The van der Waals surface area contributed by atoms with Gasteiger partial charge in [-0.05, 0) is 30.3 Å². The fourth-order valence-electron chi connectivity index (χ4n) is 2.04. The van der Waals surface area contributed by atoms with Gasteiger partial charge in [0.25, 0.3) is 0 Å². The Bertz CT molecular complexity index is 731. The van der Waals surface area contributed by atoms with Gasteiger partial charge in [0.05, 0.1) is 12.6 Å². The van der Waals surface area contributed by atoms with Crippen molar-refractivity contribution in [2.75, 3.05) is 26.1 Å². The van der Waals surface area contributed by atoms with Gasteiger partial charge in [0.15, 0.2) is 5.65 Å². The summed E-state index contributed by atoms with van der Waals surface area (Å²) in [6, 6.07) is 12.0. The molecular weight excluding hydrogens is 252 g/mol. The lowest BCUT2D eigenvalue weighted by molar-refractivity contribution is 0.399. The summed E-state index contributed by atoms with van der Waals surface area (Å²) >= 11 is 0. The molecule has 0 radical (unpaired) electrons. The van der Waals surface area contributed by atoms with Crippen molar-refractivity contribution in [1.29, 1.82) is 0 Å². The van der Waals surface area contributed by atoms with E-state index in [-0.39, 0.29) is 0 Å². The number of anilines is 1. The van der Waals surface area contributed by atoms with Crippen molar-refractivity contribution in [2.45, 2.75) is 0 Å². The van der Waals surface area contributed by atoms with Crippen LogP contribution in [0.5, 0.6) is 5.88 Å². The molecule has 2 heterocycles. The van der Waals surface area contributed by atoms with Gasteiger partial charge in [0.2, 0.25) is 5.88 Å². The van der Waals surface area contributed by atoms with E-state index in [0.29, 0.717) is 11.5 Å². The van der Waals surface area contributed by atoms with Gasteiger partial charge in [-0.3, -0.25) is 0 Å². The van der Waals surface area contributed by atoms with Gasteiger partial charge >= 0.3 is 0 Å². The first-order chi connectivity index (χ1) is 9.67. The Morgan fingerprint density at radius 1 is 1.00 bits per heavy atom. The van der Waals surface area contributed by atoms with Crippen molar-refractivity contribution in [2.24, 2.45) is 0 Å². The van der Waals surface area contributed by atoms with E-state index in [9.17, 15) is 0 Å². The number of aromatic amines is 1. The molecule has 1 aromatic carbocycles. The first-order valence-corrected chi connectivity index (χ1v) is 6.36. The Balaban J connectivity index is 2.01. The number of aromatic nitrogens is 3. The Labute approximate surface area is 117 Å². The van der Waals surface area contributed by atoms with Crippen LogP contribution in [0.2, 0.25) is 0 Å². The summed E-state index contributed by atoms with van der Waals surface area (Å²) in [5.41, 5.74) is 3.76. The zero-order valence-electron chi connectivity index (χ0n) is 11.7. The quantitative estimate of drug-likeness (QED) is 0.793. The van der Waals surface area contributed by atoms with Gasteiger partial charge in [0.1, 0.15) is 5.82 Å². The molecule has 1 N–H and O–H groups in total. The number of nitrogens with zero attached hydrogens (tertiary/aromatic N) is 3. The molecule has 0 atom stereocenters. The highest BCUT2D eigenvalue weighted by Crippen LogP contribution is 2.23. The van der Waals surface area contributed by atoms with Crippen molar-refractivity contribution in [3.05, 3.63) is 36.4 Å². The molecule has 0 amide bonds. The van der Waals surface area contributed by atoms with Gasteiger partial charge in [-0.25, -0.2) is 4.98 Å². The first kappa shape index (κ1) is 12.5. The summed E-state index contributed by atoms with van der Waals surface area (Å²) in [5, 5.41) is 0. The van der Waals surface area contributed by atoms with Gasteiger partial charge in [0, 0.05) is 31.4 Å². The lowest BCUT2D eigenvalue weighted by Gasteiger charge is -2.11. The fraction of sp³-hybridized carbons (Fsp3) is 0.200. The molecule has 102 valence electrons. The number of benzene rings is 1. The van der Waals surface area contributed by atoms with Gasteiger partial charge in [-0.2, -0.15) is 4.98 Å². The van der Waals surface area contributed by atoms with Crippen molar-refractivity contribution in [1.82, 2.24) is 15.0 Å². The molecule has 0 saturated heterocycles. The van der Waals surface area contributed by atoms with Crippen LogP contribution in [0.1, 0.15) is 0 Å². The highest BCUT2D eigenvalue weighted by molar-refractivity contribution is 5.76. The highest BCUT2D eigenvalue weighted by Gasteiger charge is 2.07.